The number of amides is 1. The molecule has 0 spiro atoms. The minimum Gasteiger partial charge on any atom is -0.351 e. The van der Waals surface area contributed by atoms with Crippen LogP contribution in [-0.4, -0.2) is 11.9 Å². The number of hydrogen-bond donors (Lipinski definition) is 2. The third-order valence-corrected chi connectivity index (χ3v) is 4.83. The van der Waals surface area contributed by atoms with Crippen LogP contribution in [0.2, 0.25) is 0 Å². The van der Waals surface area contributed by atoms with Crippen LogP contribution in [0.1, 0.15) is 30.6 Å². The number of rotatable bonds is 3. The second kappa shape index (κ2) is 5.98. The molecule has 94 valence electrons. The first-order valence-corrected chi connectivity index (χ1v) is 7.53. The Morgan fingerprint density at radius 2 is 2.12 bits per heavy atom. The highest BCUT2D eigenvalue weighted by Crippen LogP contribution is 2.24. The van der Waals surface area contributed by atoms with Crippen molar-refractivity contribution in [3.05, 3.63) is 20.8 Å². The summed E-state index contributed by atoms with van der Waals surface area (Å²) in [6.45, 7) is 0.637. The Kier molecular flexibility index (Phi) is 4.59. The minimum absolute atomic E-state index is 0.165. The second-order valence-corrected chi connectivity index (χ2v) is 7.08. The SMILES string of the molecule is NC1CCC(C(=O)NCc2ccc(Br)s2)CC1. The second-order valence-electron chi connectivity index (χ2n) is 4.54. The lowest BCUT2D eigenvalue weighted by molar-refractivity contribution is -0.126. The first kappa shape index (κ1) is 13.1. The summed E-state index contributed by atoms with van der Waals surface area (Å²) < 4.78 is 1.10. The van der Waals surface area contributed by atoms with Crippen molar-refractivity contribution in [1.82, 2.24) is 5.32 Å². The monoisotopic (exact) mass is 316 g/mol. The standard InChI is InChI=1S/C12H17BrN2OS/c13-11-6-5-10(17-11)7-15-12(16)8-1-3-9(14)4-2-8/h5-6,8-9H,1-4,7,14H2,(H,15,16). The van der Waals surface area contributed by atoms with E-state index in [9.17, 15) is 4.79 Å². The van der Waals surface area contributed by atoms with Gasteiger partial charge < -0.3 is 11.1 Å². The Labute approximate surface area is 114 Å². The molecule has 0 aliphatic heterocycles. The van der Waals surface area contributed by atoms with E-state index in [1.165, 1.54) is 4.88 Å². The molecule has 1 aliphatic carbocycles. The number of carbonyl (C=O) groups excluding carboxylic acids is 1. The Hall–Kier alpha value is -0.390. The van der Waals surface area contributed by atoms with Gasteiger partial charge >= 0.3 is 0 Å². The van der Waals surface area contributed by atoms with Crippen LogP contribution in [0.25, 0.3) is 0 Å². The summed E-state index contributed by atoms with van der Waals surface area (Å²) in [6.07, 6.45) is 3.81. The molecule has 17 heavy (non-hydrogen) atoms. The molecule has 1 heterocycles. The molecular weight excluding hydrogens is 300 g/mol. The van der Waals surface area contributed by atoms with Crippen LogP contribution >= 0.6 is 27.3 Å². The zero-order valence-electron chi connectivity index (χ0n) is 9.62. The van der Waals surface area contributed by atoms with Gasteiger partial charge in [-0.2, -0.15) is 0 Å². The topological polar surface area (TPSA) is 55.1 Å². The number of nitrogens with one attached hydrogen (secondary N) is 1. The van der Waals surface area contributed by atoms with E-state index in [1.54, 1.807) is 11.3 Å². The van der Waals surface area contributed by atoms with Crippen molar-refractivity contribution in [1.29, 1.82) is 0 Å². The molecule has 5 heteroatoms. The fraction of sp³-hybridized carbons (Fsp3) is 0.583. The summed E-state index contributed by atoms with van der Waals surface area (Å²) in [5.74, 6) is 0.347. The van der Waals surface area contributed by atoms with E-state index in [0.717, 1.165) is 29.5 Å². The Balaban J connectivity index is 1.77. The molecule has 3 nitrogen and oxygen atoms in total. The third kappa shape index (κ3) is 3.79. The number of thiophene rings is 1. The third-order valence-electron chi connectivity index (χ3n) is 3.21. The molecule has 0 bridgehead atoms. The van der Waals surface area contributed by atoms with E-state index in [-0.39, 0.29) is 11.8 Å². The van der Waals surface area contributed by atoms with Crippen LogP contribution < -0.4 is 11.1 Å². The smallest absolute Gasteiger partial charge is 0.223 e. The summed E-state index contributed by atoms with van der Waals surface area (Å²) in [7, 11) is 0. The maximum absolute atomic E-state index is 11.9. The maximum Gasteiger partial charge on any atom is 0.223 e. The van der Waals surface area contributed by atoms with Crippen molar-refractivity contribution in [3.63, 3.8) is 0 Å². The van der Waals surface area contributed by atoms with Crippen molar-refractivity contribution in [3.8, 4) is 0 Å². The zero-order chi connectivity index (χ0) is 12.3. The normalized spacial score (nSPS) is 24.6. The Morgan fingerprint density at radius 3 is 2.71 bits per heavy atom. The van der Waals surface area contributed by atoms with E-state index in [4.69, 9.17) is 5.73 Å². The lowest BCUT2D eigenvalue weighted by atomic mass is 9.86. The quantitative estimate of drug-likeness (QED) is 0.900. The van der Waals surface area contributed by atoms with Crippen molar-refractivity contribution in [2.45, 2.75) is 38.3 Å². The molecule has 3 N–H and O–H groups in total. The number of halogens is 1. The molecule has 1 saturated carbocycles. The molecule has 0 atom stereocenters. The van der Waals surface area contributed by atoms with Crippen LogP contribution in [0.4, 0.5) is 0 Å². The molecule has 0 aromatic carbocycles. The van der Waals surface area contributed by atoms with Gasteiger partial charge in [0.25, 0.3) is 0 Å². The van der Waals surface area contributed by atoms with Gasteiger partial charge in [-0.1, -0.05) is 0 Å². The molecule has 0 radical (unpaired) electrons. The highest BCUT2D eigenvalue weighted by Gasteiger charge is 2.24. The summed E-state index contributed by atoms with van der Waals surface area (Å²) in [5, 5.41) is 3.01. The summed E-state index contributed by atoms with van der Waals surface area (Å²) in [4.78, 5) is 13.1. The van der Waals surface area contributed by atoms with Gasteiger partial charge in [0.15, 0.2) is 0 Å². The van der Waals surface area contributed by atoms with Gasteiger partial charge in [0.05, 0.1) is 10.3 Å². The predicted octanol–water partition coefficient (Wildman–Crippen LogP) is 2.64. The number of carbonyl (C=O) groups is 1. The predicted molar refractivity (Wildman–Crippen MR) is 73.8 cm³/mol. The lowest BCUT2D eigenvalue weighted by Gasteiger charge is -2.25. The van der Waals surface area contributed by atoms with E-state index in [0.29, 0.717) is 12.6 Å². The fourth-order valence-electron chi connectivity index (χ4n) is 2.15. The molecule has 1 fully saturated rings. The van der Waals surface area contributed by atoms with Crippen LogP contribution in [0.5, 0.6) is 0 Å². The van der Waals surface area contributed by atoms with Crippen molar-refractivity contribution in [2.75, 3.05) is 0 Å². The first-order chi connectivity index (χ1) is 8.15. The van der Waals surface area contributed by atoms with Gasteiger partial charge in [0, 0.05) is 16.8 Å². The molecule has 1 aromatic rings. The van der Waals surface area contributed by atoms with Gasteiger partial charge in [0.1, 0.15) is 0 Å². The van der Waals surface area contributed by atoms with Crippen molar-refractivity contribution in [2.24, 2.45) is 11.7 Å². The summed E-state index contributed by atoms with van der Waals surface area (Å²) in [5.41, 5.74) is 5.83. The first-order valence-electron chi connectivity index (χ1n) is 5.92. The van der Waals surface area contributed by atoms with Crippen molar-refractivity contribution >= 4 is 33.2 Å². The summed E-state index contributed by atoms with van der Waals surface area (Å²) in [6, 6.07) is 4.34. The van der Waals surface area contributed by atoms with Crippen LogP contribution in [0.3, 0.4) is 0 Å². The average Bonchev–Trinajstić information content (AvgIpc) is 2.73. The highest BCUT2D eigenvalue weighted by atomic mass is 79.9. The van der Waals surface area contributed by atoms with E-state index >= 15 is 0 Å². The van der Waals surface area contributed by atoms with Crippen LogP contribution in [-0.2, 0) is 11.3 Å². The fourth-order valence-corrected chi connectivity index (χ4v) is 3.57. The van der Waals surface area contributed by atoms with E-state index < -0.39 is 0 Å². The largest absolute Gasteiger partial charge is 0.351 e. The highest BCUT2D eigenvalue weighted by molar-refractivity contribution is 9.11. The number of hydrogen-bond acceptors (Lipinski definition) is 3. The van der Waals surface area contributed by atoms with Crippen LogP contribution in [0.15, 0.2) is 15.9 Å². The molecule has 0 saturated heterocycles. The molecular formula is C12H17BrN2OS. The molecule has 0 unspecified atom stereocenters. The zero-order valence-corrected chi connectivity index (χ0v) is 12.0. The molecule has 2 rings (SSSR count). The minimum atomic E-state index is 0.165. The van der Waals surface area contributed by atoms with Gasteiger partial charge in [-0.15, -0.1) is 11.3 Å². The number of nitrogens with two attached hydrogens (primary N) is 1. The van der Waals surface area contributed by atoms with Gasteiger partial charge in [0.2, 0.25) is 5.91 Å². The van der Waals surface area contributed by atoms with Gasteiger partial charge in [-0.05, 0) is 53.7 Å². The average molecular weight is 317 g/mol. The van der Waals surface area contributed by atoms with Gasteiger partial charge in [-0.25, -0.2) is 0 Å². The molecule has 1 amide bonds. The molecule has 1 aliphatic rings. The van der Waals surface area contributed by atoms with E-state index in [2.05, 4.69) is 21.2 Å². The molecule has 1 aromatic heterocycles. The maximum atomic E-state index is 11.9. The Bertz CT molecular complexity index is 386. The van der Waals surface area contributed by atoms with Gasteiger partial charge in [-0.3, -0.25) is 4.79 Å². The van der Waals surface area contributed by atoms with E-state index in [1.807, 2.05) is 12.1 Å². The lowest BCUT2D eigenvalue weighted by Crippen LogP contribution is -2.35. The van der Waals surface area contributed by atoms with Crippen molar-refractivity contribution < 1.29 is 4.79 Å². The van der Waals surface area contributed by atoms with Crippen LogP contribution in [0, 0.1) is 5.92 Å². The summed E-state index contributed by atoms with van der Waals surface area (Å²) >= 11 is 5.07. The Morgan fingerprint density at radius 1 is 1.41 bits per heavy atom.